The van der Waals surface area contributed by atoms with E-state index in [0.717, 1.165) is 0 Å². The van der Waals surface area contributed by atoms with Crippen molar-refractivity contribution in [3.8, 4) is 0 Å². The summed E-state index contributed by atoms with van der Waals surface area (Å²) in [5.41, 5.74) is 0. The van der Waals surface area contributed by atoms with Gasteiger partial charge in [-0.3, -0.25) is 19.2 Å². The Morgan fingerprint density at radius 3 is 1.60 bits per heavy atom. The summed E-state index contributed by atoms with van der Waals surface area (Å²) in [5.74, 6) is -7.07. The molecule has 0 aliphatic carbocycles. The molecule has 20 heavy (non-hydrogen) atoms. The minimum atomic E-state index is -5.30. The molecule has 0 aliphatic rings. The molecule has 4 nitrogen and oxygen atoms in total. The third kappa shape index (κ3) is 7.64. The number of halogens is 6. The second kappa shape index (κ2) is 6.62. The first-order chi connectivity index (χ1) is 8.83. The van der Waals surface area contributed by atoms with Crippen LogP contribution in [0, 0.1) is 0 Å². The van der Waals surface area contributed by atoms with Crippen LogP contribution in [0.15, 0.2) is 0 Å². The van der Waals surface area contributed by atoms with E-state index >= 15 is 0 Å². The van der Waals surface area contributed by atoms with Crippen molar-refractivity contribution >= 4 is 23.1 Å². The summed E-state index contributed by atoms with van der Waals surface area (Å²) in [6, 6.07) is 0. The summed E-state index contributed by atoms with van der Waals surface area (Å²) >= 11 is 0. The molecule has 0 amide bonds. The van der Waals surface area contributed by atoms with Gasteiger partial charge in [-0.05, 0) is 0 Å². The van der Waals surface area contributed by atoms with Crippen molar-refractivity contribution in [2.45, 2.75) is 38.0 Å². The molecule has 0 radical (unpaired) electrons. The number of hydrogen-bond donors (Lipinski definition) is 0. The Bertz CT molecular complexity index is 420. The second-order valence-corrected chi connectivity index (χ2v) is 3.77. The molecule has 0 rings (SSSR count). The molecule has 0 N–H and O–H groups in total. The summed E-state index contributed by atoms with van der Waals surface area (Å²) < 4.78 is 70.6. The third-order valence-corrected chi connectivity index (χ3v) is 1.99. The van der Waals surface area contributed by atoms with Gasteiger partial charge in [0, 0.05) is 6.42 Å². The molecule has 0 heterocycles. The standard InChI is InChI=1S/C10H8F6O4/c11-9(12,13)2-1-5(17)3-6(18)7(19)4-8(20)10(14,15)16/h1-4H2. The predicted molar refractivity (Wildman–Crippen MR) is 50.6 cm³/mol. The van der Waals surface area contributed by atoms with Crippen LogP contribution in [0.3, 0.4) is 0 Å². The highest BCUT2D eigenvalue weighted by molar-refractivity contribution is 6.43. The first-order valence-electron chi connectivity index (χ1n) is 5.07. The number of carbonyl (C=O) groups excluding carboxylic acids is 4. The number of carbonyl (C=O) groups is 4. The fourth-order valence-corrected chi connectivity index (χ4v) is 0.992. The highest BCUT2D eigenvalue weighted by Gasteiger charge is 2.40. The second-order valence-electron chi connectivity index (χ2n) is 3.77. The average molecular weight is 306 g/mol. The first-order valence-corrected chi connectivity index (χ1v) is 5.07. The largest absolute Gasteiger partial charge is 0.450 e. The van der Waals surface area contributed by atoms with E-state index in [4.69, 9.17) is 0 Å². The molecule has 0 unspecified atom stereocenters. The molecular weight excluding hydrogens is 298 g/mol. The maximum absolute atomic E-state index is 11.8. The maximum atomic E-state index is 11.8. The molecule has 0 aromatic rings. The molecule has 114 valence electrons. The molecule has 0 aromatic carbocycles. The van der Waals surface area contributed by atoms with Crippen molar-refractivity contribution in [1.82, 2.24) is 0 Å². The Hall–Kier alpha value is -1.74. The zero-order chi connectivity index (χ0) is 16.1. The van der Waals surface area contributed by atoms with Crippen LogP contribution >= 0.6 is 0 Å². The molecule has 0 fully saturated rings. The summed E-state index contributed by atoms with van der Waals surface area (Å²) in [4.78, 5) is 43.2. The van der Waals surface area contributed by atoms with Gasteiger partial charge in [0.05, 0.1) is 19.3 Å². The quantitative estimate of drug-likeness (QED) is 0.409. The molecular formula is C10H8F6O4. The van der Waals surface area contributed by atoms with Crippen molar-refractivity contribution in [3.05, 3.63) is 0 Å². The van der Waals surface area contributed by atoms with Gasteiger partial charge in [-0.2, -0.15) is 26.3 Å². The van der Waals surface area contributed by atoms with Crippen LogP contribution in [0.2, 0.25) is 0 Å². The van der Waals surface area contributed by atoms with Gasteiger partial charge < -0.3 is 0 Å². The predicted octanol–water partition coefficient (Wildman–Crippen LogP) is 1.95. The smallest absolute Gasteiger partial charge is 0.299 e. The Morgan fingerprint density at radius 1 is 0.750 bits per heavy atom. The van der Waals surface area contributed by atoms with Gasteiger partial charge in [-0.25, -0.2) is 0 Å². The maximum Gasteiger partial charge on any atom is 0.450 e. The van der Waals surface area contributed by atoms with Gasteiger partial charge in [0.1, 0.15) is 5.78 Å². The first kappa shape index (κ1) is 18.3. The van der Waals surface area contributed by atoms with Crippen LogP contribution in [0.25, 0.3) is 0 Å². The monoisotopic (exact) mass is 306 g/mol. The summed E-state index contributed by atoms with van der Waals surface area (Å²) in [7, 11) is 0. The van der Waals surface area contributed by atoms with Crippen molar-refractivity contribution < 1.29 is 45.5 Å². The van der Waals surface area contributed by atoms with Gasteiger partial charge in [-0.1, -0.05) is 0 Å². The van der Waals surface area contributed by atoms with Crippen molar-refractivity contribution in [2.75, 3.05) is 0 Å². The molecule has 0 bridgehead atoms. The van der Waals surface area contributed by atoms with E-state index in [9.17, 15) is 45.5 Å². The van der Waals surface area contributed by atoms with Crippen molar-refractivity contribution in [2.24, 2.45) is 0 Å². The van der Waals surface area contributed by atoms with Crippen LogP contribution in [0.4, 0.5) is 26.3 Å². The molecule has 0 saturated heterocycles. The number of hydrogen-bond acceptors (Lipinski definition) is 4. The van der Waals surface area contributed by atoms with Crippen LogP contribution in [0.5, 0.6) is 0 Å². The van der Waals surface area contributed by atoms with E-state index in [-0.39, 0.29) is 0 Å². The minimum Gasteiger partial charge on any atom is -0.299 e. The highest BCUT2D eigenvalue weighted by atomic mass is 19.4. The van der Waals surface area contributed by atoms with E-state index in [1.165, 1.54) is 0 Å². The van der Waals surface area contributed by atoms with Crippen LogP contribution in [-0.4, -0.2) is 35.5 Å². The molecule has 0 aromatic heterocycles. The molecule has 0 aliphatic heterocycles. The summed E-state index contributed by atoms with van der Waals surface area (Å²) in [5, 5.41) is 0. The molecule has 10 heteroatoms. The topological polar surface area (TPSA) is 68.3 Å². The fraction of sp³-hybridized carbons (Fsp3) is 0.600. The van der Waals surface area contributed by atoms with E-state index < -0.39 is 61.2 Å². The van der Waals surface area contributed by atoms with Crippen LogP contribution in [-0.2, 0) is 19.2 Å². The van der Waals surface area contributed by atoms with Crippen molar-refractivity contribution in [1.29, 1.82) is 0 Å². The number of alkyl halides is 6. The van der Waals surface area contributed by atoms with E-state index in [0.29, 0.717) is 0 Å². The Morgan fingerprint density at radius 2 is 1.20 bits per heavy atom. The Kier molecular flexibility index (Phi) is 6.04. The zero-order valence-electron chi connectivity index (χ0n) is 9.73. The number of Topliss-reactive ketones (excluding diaryl/α,β-unsaturated/α-hetero) is 4. The van der Waals surface area contributed by atoms with Gasteiger partial charge in [0.15, 0.2) is 0 Å². The average Bonchev–Trinajstić information content (AvgIpc) is 2.23. The van der Waals surface area contributed by atoms with E-state index in [2.05, 4.69) is 0 Å². The number of ketones is 4. The normalized spacial score (nSPS) is 12.1. The zero-order valence-corrected chi connectivity index (χ0v) is 9.73. The lowest BCUT2D eigenvalue weighted by Gasteiger charge is -2.05. The molecule has 0 atom stereocenters. The lowest BCUT2D eigenvalue weighted by atomic mass is 10.0. The Balaban J connectivity index is 4.31. The molecule has 0 saturated carbocycles. The van der Waals surface area contributed by atoms with Crippen LogP contribution < -0.4 is 0 Å². The third-order valence-electron chi connectivity index (χ3n) is 1.99. The van der Waals surface area contributed by atoms with Gasteiger partial charge in [0.2, 0.25) is 17.3 Å². The number of rotatable bonds is 7. The SMILES string of the molecule is O=C(CCC(F)(F)F)CC(=O)C(=O)CC(=O)C(F)(F)F. The van der Waals surface area contributed by atoms with Crippen LogP contribution in [0.1, 0.15) is 25.7 Å². The highest BCUT2D eigenvalue weighted by Crippen LogP contribution is 2.22. The Labute approximate surface area is 108 Å². The summed E-state index contributed by atoms with van der Waals surface area (Å²) in [6.45, 7) is 0. The van der Waals surface area contributed by atoms with E-state index in [1.54, 1.807) is 0 Å². The fourth-order valence-electron chi connectivity index (χ4n) is 0.992. The van der Waals surface area contributed by atoms with Crippen molar-refractivity contribution in [3.63, 3.8) is 0 Å². The molecule has 0 spiro atoms. The summed E-state index contributed by atoms with van der Waals surface area (Å²) in [6.07, 6.45) is -15.5. The minimum absolute atomic E-state index is 1.06. The lowest BCUT2D eigenvalue weighted by Crippen LogP contribution is -2.29. The van der Waals surface area contributed by atoms with Gasteiger partial charge in [0.25, 0.3) is 0 Å². The van der Waals surface area contributed by atoms with Gasteiger partial charge in [-0.15, -0.1) is 0 Å². The van der Waals surface area contributed by atoms with Gasteiger partial charge >= 0.3 is 12.4 Å². The lowest BCUT2D eigenvalue weighted by molar-refractivity contribution is -0.172. The van der Waals surface area contributed by atoms with E-state index in [1.807, 2.05) is 0 Å².